The molecule has 0 fully saturated rings. The molecule has 2 atom stereocenters. The zero-order chi connectivity index (χ0) is 13.3. The first-order valence-electron chi connectivity index (χ1n) is 5.21. The Hall–Kier alpha value is -2.12. The van der Waals surface area contributed by atoms with Gasteiger partial charge in [-0.2, -0.15) is 4.98 Å². The Bertz CT molecular complexity index is 580. The van der Waals surface area contributed by atoms with E-state index in [2.05, 4.69) is 4.98 Å². The van der Waals surface area contributed by atoms with Gasteiger partial charge in [0.25, 0.3) is 6.01 Å². The molecule has 2 unspecified atom stereocenters. The number of hydrogen-bond donors (Lipinski definition) is 4. The summed E-state index contributed by atoms with van der Waals surface area (Å²) in [5.74, 6) is -1.19. The van der Waals surface area contributed by atoms with Crippen LogP contribution in [-0.2, 0) is 4.79 Å². The average Bonchev–Trinajstić information content (AvgIpc) is 2.65. The lowest BCUT2D eigenvalue weighted by Gasteiger charge is -2.16. The highest BCUT2D eigenvalue weighted by molar-refractivity contribution is 5.75. The van der Waals surface area contributed by atoms with Crippen LogP contribution >= 0.6 is 0 Å². The van der Waals surface area contributed by atoms with Crippen LogP contribution in [0.2, 0.25) is 0 Å². The molecule has 1 aromatic heterocycles. The van der Waals surface area contributed by atoms with Crippen LogP contribution in [0.1, 0.15) is 18.1 Å². The maximum absolute atomic E-state index is 10.4. The molecule has 0 saturated carbocycles. The zero-order valence-electron chi connectivity index (χ0n) is 9.28. The Kier molecular flexibility index (Phi) is 3.17. The van der Waals surface area contributed by atoms with Crippen molar-refractivity contribution in [2.45, 2.75) is 18.6 Å². The van der Waals surface area contributed by atoms with Gasteiger partial charge >= 0.3 is 5.97 Å². The van der Waals surface area contributed by atoms with E-state index >= 15 is 0 Å². The molecule has 0 radical (unpaired) electrons. The van der Waals surface area contributed by atoms with Crippen LogP contribution in [0.3, 0.4) is 0 Å². The van der Waals surface area contributed by atoms with E-state index in [0.29, 0.717) is 16.7 Å². The molecular weight excluding hydrogens is 240 g/mol. The highest BCUT2D eigenvalue weighted by Gasteiger charge is 2.21. The van der Waals surface area contributed by atoms with E-state index < -0.39 is 24.6 Å². The average molecular weight is 252 g/mol. The van der Waals surface area contributed by atoms with E-state index in [1.54, 1.807) is 6.07 Å². The summed E-state index contributed by atoms with van der Waals surface area (Å²) in [7, 11) is 0. The summed E-state index contributed by atoms with van der Waals surface area (Å²) in [6.07, 6.45) is -3.23. The Labute approximate surface area is 101 Å². The van der Waals surface area contributed by atoms with Gasteiger partial charge in [0.05, 0.1) is 12.5 Å². The molecule has 0 saturated heterocycles. The van der Waals surface area contributed by atoms with Crippen molar-refractivity contribution in [2.24, 2.45) is 0 Å². The number of hydrogen-bond acceptors (Lipinski definition) is 6. The lowest BCUT2D eigenvalue weighted by atomic mass is 10.0. The molecule has 5 N–H and O–H groups in total. The molecule has 96 valence electrons. The molecule has 18 heavy (non-hydrogen) atoms. The first-order valence-corrected chi connectivity index (χ1v) is 5.21. The second kappa shape index (κ2) is 4.63. The molecule has 0 aliphatic heterocycles. The van der Waals surface area contributed by atoms with E-state index in [4.69, 9.17) is 15.3 Å². The number of carboxylic acids is 1. The number of carbonyl (C=O) groups is 1. The number of aliphatic hydroxyl groups excluding tert-OH is 2. The number of fused-ring (bicyclic) bond motifs is 1. The van der Waals surface area contributed by atoms with E-state index in [1.165, 1.54) is 12.1 Å². The maximum Gasteiger partial charge on any atom is 0.306 e. The van der Waals surface area contributed by atoms with Gasteiger partial charge in [0.15, 0.2) is 5.58 Å². The highest BCUT2D eigenvalue weighted by Crippen LogP contribution is 2.24. The summed E-state index contributed by atoms with van der Waals surface area (Å²) in [5, 5.41) is 27.9. The molecule has 0 aliphatic rings. The smallest absolute Gasteiger partial charge is 0.306 e. The molecule has 7 nitrogen and oxygen atoms in total. The van der Waals surface area contributed by atoms with Gasteiger partial charge in [-0.15, -0.1) is 0 Å². The lowest BCUT2D eigenvalue weighted by molar-refractivity contribution is -0.141. The third-order valence-electron chi connectivity index (χ3n) is 2.52. The van der Waals surface area contributed by atoms with E-state index in [1.807, 2.05) is 0 Å². The molecule has 0 amide bonds. The SMILES string of the molecule is Nc1nc2cc(C(O)C(O)CC(=O)O)ccc2o1. The number of anilines is 1. The zero-order valence-corrected chi connectivity index (χ0v) is 9.28. The number of benzene rings is 1. The van der Waals surface area contributed by atoms with Crippen LogP contribution in [0.25, 0.3) is 11.1 Å². The number of nitrogens with zero attached hydrogens (tertiary/aromatic N) is 1. The number of nitrogens with two attached hydrogens (primary N) is 1. The van der Waals surface area contributed by atoms with Crippen LogP contribution in [0, 0.1) is 0 Å². The van der Waals surface area contributed by atoms with Gasteiger partial charge in [-0.25, -0.2) is 0 Å². The molecule has 0 aliphatic carbocycles. The molecule has 1 aromatic carbocycles. The molecule has 0 bridgehead atoms. The van der Waals surface area contributed by atoms with Crippen LogP contribution in [-0.4, -0.2) is 32.4 Å². The second-order valence-electron chi connectivity index (χ2n) is 3.89. The molecular formula is C11H12N2O5. The Balaban J connectivity index is 2.26. The van der Waals surface area contributed by atoms with Crippen molar-refractivity contribution < 1.29 is 24.5 Å². The minimum Gasteiger partial charge on any atom is -0.481 e. The van der Waals surface area contributed by atoms with Gasteiger partial charge in [0, 0.05) is 0 Å². The monoisotopic (exact) mass is 252 g/mol. The number of nitrogen functional groups attached to an aromatic ring is 1. The number of oxazole rings is 1. The number of rotatable bonds is 4. The first kappa shape index (κ1) is 12.3. The van der Waals surface area contributed by atoms with Gasteiger partial charge in [-0.1, -0.05) is 6.07 Å². The summed E-state index contributed by atoms with van der Waals surface area (Å²) in [6, 6.07) is 4.56. The Morgan fingerprint density at radius 3 is 2.83 bits per heavy atom. The van der Waals surface area contributed by atoms with Crippen molar-refractivity contribution in [1.82, 2.24) is 4.98 Å². The van der Waals surface area contributed by atoms with Crippen molar-refractivity contribution in [2.75, 3.05) is 5.73 Å². The van der Waals surface area contributed by atoms with E-state index in [0.717, 1.165) is 0 Å². The number of aromatic nitrogens is 1. The van der Waals surface area contributed by atoms with E-state index in [-0.39, 0.29) is 6.01 Å². The minimum atomic E-state index is -1.39. The summed E-state index contributed by atoms with van der Waals surface area (Å²) < 4.78 is 5.06. The quantitative estimate of drug-likeness (QED) is 0.614. The van der Waals surface area contributed by atoms with Gasteiger partial charge in [-0.05, 0) is 17.7 Å². The Morgan fingerprint density at radius 2 is 2.17 bits per heavy atom. The van der Waals surface area contributed by atoms with Gasteiger partial charge in [0.1, 0.15) is 11.6 Å². The van der Waals surface area contributed by atoms with Crippen LogP contribution < -0.4 is 5.73 Å². The van der Waals surface area contributed by atoms with Crippen molar-refractivity contribution in [1.29, 1.82) is 0 Å². The van der Waals surface area contributed by atoms with Gasteiger partial charge < -0.3 is 25.5 Å². The maximum atomic E-state index is 10.4. The third-order valence-corrected chi connectivity index (χ3v) is 2.52. The van der Waals surface area contributed by atoms with Gasteiger partial charge in [0.2, 0.25) is 0 Å². The molecule has 1 heterocycles. The lowest BCUT2D eigenvalue weighted by Crippen LogP contribution is -2.21. The predicted molar refractivity (Wildman–Crippen MR) is 61.6 cm³/mol. The minimum absolute atomic E-state index is 0.00252. The molecule has 2 rings (SSSR count). The van der Waals surface area contributed by atoms with Gasteiger partial charge in [-0.3, -0.25) is 4.79 Å². The van der Waals surface area contributed by atoms with Crippen molar-refractivity contribution in [3.05, 3.63) is 23.8 Å². The molecule has 7 heteroatoms. The van der Waals surface area contributed by atoms with Crippen molar-refractivity contribution >= 4 is 23.1 Å². The van der Waals surface area contributed by atoms with Crippen molar-refractivity contribution in [3.8, 4) is 0 Å². The fourth-order valence-electron chi connectivity index (χ4n) is 1.66. The summed E-state index contributed by atoms with van der Waals surface area (Å²) >= 11 is 0. The summed E-state index contributed by atoms with van der Waals surface area (Å²) in [6.45, 7) is 0. The largest absolute Gasteiger partial charge is 0.481 e. The van der Waals surface area contributed by atoms with E-state index in [9.17, 15) is 15.0 Å². The number of carboxylic acid groups (broad SMARTS) is 1. The first-order chi connectivity index (χ1) is 8.47. The summed E-state index contributed by atoms with van der Waals surface area (Å²) in [4.78, 5) is 14.3. The molecule has 2 aromatic rings. The third kappa shape index (κ3) is 2.41. The Morgan fingerprint density at radius 1 is 1.44 bits per heavy atom. The van der Waals surface area contributed by atoms with Crippen LogP contribution in [0.4, 0.5) is 6.01 Å². The second-order valence-corrected chi connectivity index (χ2v) is 3.89. The molecule has 0 spiro atoms. The summed E-state index contributed by atoms with van der Waals surface area (Å²) in [5.41, 5.74) is 6.62. The highest BCUT2D eigenvalue weighted by atomic mass is 16.4. The number of aliphatic carboxylic acids is 1. The van der Waals surface area contributed by atoms with Crippen molar-refractivity contribution in [3.63, 3.8) is 0 Å². The van der Waals surface area contributed by atoms with Crippen LogP contribution in [0.15, 0.2) is 22.6 Å². The normalized spacial score (nSPS) is 14.6. The fraction of sp³-hybridized carbons (Fsp3) is 0.273. The topological polar surface area (TPSA) is 130 Å². The fourth-order valence-corrected chi connectivity index (χ4v) is 1.66. The predicted octanol–water partition coefficient (Wildman–Crippen LogP) is 0.279. The van der Waals surface area contributed by atoms with Crippen LogP contribution in [0.5, 0.6) is 0 Å². The number of aliphatic hydroxyl groups is 2. The standard InChI is InChI=1S/C11H12N2O5/c12-11-13-6-3-5(1-2-8(6)18-11)10(17)7(14)4-9(15)16/h1-3,7,10,14,17H,4H2,(H2,12,13)(H,15,16).